The summed E-state index contributed by atoms with van der Waals surface area (Å²) in [5.41, 5.74) is 0.593. The lowest BCUT2D eigenvalue weighted by molar-refractivity contribution is 0.0844. The van der Waals surface area contributed by atoms with E-state index in [-0.39, 0.29) is 29.3 Å². The first-order valence-electron chi connectivity index (χ1n) is 6.45. The minimum Gasteiger partial charge on any atom is -0.508 e. The van der Waals surface area contributed by atoms with Gasteiger partial charge < -0.3 is 14.6 Å². The van der Waals surface area contributed by atoms with Gasteiger partial charge in [-0.25, -0.2) is 4.39 Å². The minimum absolute atomic E-state index is 0.00305. The summed E-state index contributed by atoms with van der Waals surface area (Å²) in [5, 5.41) is 9.42. The molecule has 1 aliphatic rings. The van der Waals surface area contributed by atoms with Crippen molar-refractivity contribution in [1.82, 2.24) is 0 Å². The Morgan fingerprint density at radius 3 is 2.90 bits per heavy atom. The number of phenolic OH excluding ortho intramolecular Hbond substituents is 1. The molecule has 0 amide bonds. The zero-order valence-electron chi connectivity index (χ0n) is 11.3. The van der Waals surface area contributed by atoms with E-state index in [0.29, 0.717) is 11.3 Å². The third-order valence-corrected chi connectivity index (χ3v) is 3.46. The third kappa shape index (κ3) is 2.31. The van der Waals surface area contributed by atoms with E-state index in [9.17, 15) is 14.3 Å². The zero-order valence-corrected chi connectivity index (χ0v) is 11.3. The Morgan fingerprint density at radius 1 is 1.33 bits per heavy atom. The highest BCUT2D eigenvalue weighted by atomic mass is 19.1. The Hall–Kier alpha value is -2.56. The van der Waals surface area contributed by atoms with Gasteiger partial charge >= 0.3 is 0 Å². The fraction of sp³-hybridized carbons (Fsp3) is 0.188. The molecule has 0 bridgehead atoms. The number of aromatic hydroxyl groups is 1. The highest BCUT2D eigenvalue weighted by molar-refractivity contribution is 6.00. The van der Waals surface area contributed by atoms with E-state index >= 15 is 0 Å². The zero-order chi connectivity index (χ0) is 15.0. The summed E-state index contributed by atoms with van der Waals surface area (Å²) in [6, 6.07) is 9.02. The van der Waals surface area contributed by atoms with Crippen molar-refractivity contribution in [2.24, 2.45) is 0 Å². The molecule has 0 spiro atoms. The molecular formula is C16H13FO4. The lowest BCUT2D eigenvalue weighted by Gasteiger charge is -2.26. The maximum absolute atomic E-state index is 14.3. The van der Waals surface area contributed by atoms with Gasteiger partial charge in [-0.15, -0.1) is 0 Å². The van der Waals surface area contributed by atoms with Crippen LogP contribution in [0.2, 0.25) is 0 Å². The number of phenols is 1. The number of ketones is 1. The van der Waals surface area contributed by atoms with Gasteiger partial charge in [0.25, 0.3) is 0 Å². The van der Waals surface area contributed by atoms with Crippen LogP contribution in [0.4, 0.5) is 4.39 Å². The van der Waals surface area contributed by atoms with E-state index < -0.39 is 11.9 Å². The first-order valence-corrected chi connectivity index (χ1v) is 6.45. The minimum atomic E-state index is -0.704. The Balaban J connectivity index is 2.00. The quantitative estimate of drug-likeness (QED) is 0.921. The van der Waals surface area contributed by atoms with Gasteiger partial charge in [0.2, 0.25) is 0 Å². The van der Waals surface area contributed by atoms with Crippen molar-refractivity contribution in [2.45, 2.75) is 12.5 Å². The molecule has 0 saturated carbocycles. The molecule has 1 N–H and O–H groups in total. The monoisotopic (exact) mass is 288 g/mol. The van der Waals surface area contributed by atoms with E-state index in [1.165, 1.54) is 31.4 Å². The fourth-order valence-corrected chi connectivity index (χ4v) is 2.42. The van der Waals surface area contributed by atoms with Crippen molar-refractivity contribution in [1.29, 1.82) is 0 Å². The number of methoxy groups -OCH3 is 1. The number of Topliss-reactive ketones (excluding diaryl/α,β-unsaturated/α-hetero) is 1. The molecule has 2 aromatic carbocycles. The van der Waals surface area contributed by atoms with Crippen molar-refractivity contribution in [3.63, 3.8) is 0 Å². The normalized spacial score (nSPS) is 17.0. The van der Waals surface area contributed by atoms with Gasteiger partial charge in [0.15, 0.2) is 17.3 Å². The van der Waals surface area contributed by atoms with E-state index in [2.05, 4.69) is 0 Å². The number of ether oxygens (including phenoxy) is 2. The van der Waals surface area contributed by atoms with E-state index in [1.54, 1.807) is 12.1 Å². The summed E-state index contributed by atoms with van der Waals surface area (Å²) in [6.45, 7) is 0. The molecule has 4 nitrogen and oxygen atoms in total. The number of carbonyl (C=O) groups is 1. The number of rotatable bonds is 2. The second kappa shape index (κ2) is 5.09. The molecule has 0 aliphatic carbocycles. The van der Waals surface area contributed by atoms with Gasteiger partial charge in [0, 0.05) is 5.56 Å². The largest absolute Gasteiger partial charge is 0.508 e. The van der Waals surface area contributed by atoms with Crippen molar-refractivity contribution < 1.29 is 23.8 Å². The second-order valence-corrected chi connectivity index (χ2v) is 4.78. The van der Waals surface area contributed by atoms with E-state index in [1.807, 2.05) is 0 Å². The number of fused-ring (bicyclic) bond motifs is 1. The standard InChI is InChI=1S/C16H13FO4/c1-20-14-4-2-3-10(16(14)17)15-8-12(19)11-7-9(18)5-6-13(11)21-15/h2-7,15,18H,8H2,1H3. The Labute approximate surface area is 120 Å². The van der Waals surface area contributed by atoms with Crippen LogP contribution in [0.3, 0.4) is 0 Å². The van der Waals surface area contributed by atoms with Gasteiger partial charge in [-0.1, -0.05) is 12.1 Å². The number of benzene rings is 2. The molecule has 3 rings (SSSR count). The number of hydrogen-bond acceptors (Lipinski definition) is 4. The van der Waals surface area contributed by atoms with Crippen LogP contribution in [-0.4, -0.2) is 18.0 Å². The topological polar surface area (TPSA) is 55.8 Å². The molecule has 5 heteroatoms. The summed E-state index contributed by atoms with van der Waals surface area (Å²) in [7, 11) is 1.38. The number of halogens is 1. The lowest BCUT2D eigenvalue weighted by atomic mass is 9.95. The van der Waals surface area contributed by atoms with Crippen molar-refractivity contribution in [3.05, 3.63) is 53.3 Å². The van der Waals surface area contributed by atoms with Crippen LogP contribution in [0, 0.1) is 5.82 Å². The van der Waals surface area contributed by atoms with Crippen molar-refractivity contribution >= 4 is 5.78 Å². The highest BCUT2D eigenvalue weighted by Crippen LogP contribution is 2.38. The Kier molecular flexibility index (Phi) is 3.25. The molecule has 0 saturated heterocycles. The molecule has 0 fully saturated rings. The van der Waals surface area contributed by atoms with Crippen molar-refractivity contribution in [2.75, 3.05) is 7.11 Å². The average Bonchev–Trinajstić information content (AvgIpc) is 2.48. The summed E-state index contributed by atoms with van der Waals surface area (Å²) in [5.74, 6) is -0.271. The predicted octanol–water partition coefficient (Wildman–Crippen LogP) is 3.25. The molecular weight excluding hydrogens is 275 g/mol. The first kappa shape index (κ1) is 13.4. The molecule has 2 aromatic rings. The van der Waals surface area contributed by atoms with Gasteiger partial charge in [0.05, 0.1) is 19.1 Å². The fourth-order valence-electron chi connectivity index (χ4n) is 2.42. The van der Waals surface area contributed by atoms with Gasteiger partial charge in [-0.3, -0.25) is 4.79 Å². The van der Waals surface area contributed by atoms with Gasteiger partial charge in [-0.05, 0) is 24.3 Å². The first-order chi connectivity index (χ1) is 10.1. The number of hydrogen-bond donors (Lipinski definition) is 1. The highest BCUT2D eigenvalue weighted by Gasteiger charge is 2.30. The molecule has 0 aromatic heterocycles. The van der Waals surface area contributed by atoms with Crippen molar-refractivity contribution in [3.8, 4) is 17.2 Å². The van der Waals surface area contributed by atoms with Gasteiger partial charge in [-0.2, -0.15) is 0 Å². The molecule has 1 unspecified atom stereocenters. The van der Waals surface area contributed by atoms with Crippen LogP contribution in [0.5, 0.6) is 17.2 Å². The maximum atomic E-state index is 14.3. The van der Waals surface area contributed by atoms with Crippen LogP contribution in [-0.2, 0) is 0 Å². The second-order valence-electron chi connectivity index (χ2n) is 4.78. The molecule has 0 radical (unpaired) electrons. The SMILES string of the molecule is COc1cccc(C2CC(=O)c3cc(O)ccc3O2)c1F. The summed E-state index contributed by atoms with van der Waals surface area (Å²) in [6.07, 6.45) is -0.690. The smallest absolute Gasteiger partial charge is 0.171 e. The van der Waals surface area contributed by atoms with Crippen LogP contribution in [0.1, 0.15) is 28.4 Å². The molecule has 1 aliphatic heterocycles. The van der Waals surface area contributed by atoms with Crippen LogP contribution in [0.25, 0.3) is 0 Å². The van der Waals surface area contributed by atoms with Crippen LogP contribution in [0.15, 0.2) is 36.4 Å². The predicted molar refractivity (Wildman–Crippen MR) is 73.4 cm³/mol. The maximum Gasteiger partial charge on any atom is 0.171 e. The summed E-state index contributed by atoms with van der Waals surface area (Å²) >= 11 is 0. The Bertz CT molecular complexity index is 711. The summed E-state index contributed by atoms with van der Waals surface area (Å²) in [4.78, 5) is 12.1. The van der Waals surface area contributed by atoms with Crippen LogP contribution < -0.4 is 9.47 Å². The van der Waals surface area contributed by atoms with E-state index in [4.69, 9.17) is 9.47 Å². The average molecular weight is 288 g/mol. The third-order valence-electron chi connectivity index (χ3n) is 3.46. The van der Waals surface area contributed by atoms with Crippen LogP contribution >= 0.6 is 0 Å². The molecule has 21 heavy (non-hydrogen) atoms. The Morgan fingerprint density at radius 2 is 2.14 bits per heavy atom. The van der Waals surface area contributed by atoms with Gasteiger partial charge in [0.1, 0.15) is 17.6 Å². The lowest BCUT2D eigenvalue weighted by Crippen LogP contribution is -2.21. The van der Waals surface area contributed by atoms with E-state index in [0.717, 1.165) is 0 Å². The number of carbonyl (C=O) groups excluding carboxylic acids is 1. The molecule has 1 heterocycles. The molecule has 108 valence electrons. The molecule has 1 atom stereocenters. The summed E-state index contributed by atoms with van der Waals surface area (Å²) < 4.78 is 24.9.